The molecule has 0 unspecified atom stereocenters. The van der Waals surface area contributed by atoms with Gasteiger partial charge >= 0.3 is 0 Å². The van der Waals surface area contributed by atoms with E-state index in [1.54, 1.807) is 0 Å². The highest BCUT2D eigenvalue weighted by atomic mass is 16.3. The van der Waals surface area contributed by atoms with E-state index < -0.39 is 0 Å². The maximum atomic E-state index is 6.60. The summed E-state index contributed by atoms with van der Waals surface area (Å²) >= 11 is 0. The van der Waals surface area contributed by atoms with Gasteiger partial charge in [0.25, 0.3) is 0 Å². The summed E-state index contributed by atoms with van der Waals surface area (Å²) in [5, 5.41) is 2.25. The molecule has 0 fully saturated rings. The van der Waals surface area contributed by atoms with Gasteiger partial charge in [0.05, 0.1) is 0 Å². The molecule has 59 heavy (non-hydrogen) atoms. The molecule has 0 N–H and O–H groups in total. The van der Waals surface area contributed by atoms with Crippen molar-refractivity contribution in [1.29, 1.82) is 0 Å². The largest absolute Gasteiger partial charge is 0.455 e. The molecule has 0 bridgehead atoms. The standard InChI is InChI=1S/C57H41NO/c1-57(2)53-25-11-9-21-47(53)48-33-29-42(36-54(48)57)41-19-13-20-44(35-41)58(43-30-27-39(28-31-43)38-15-5-3-6-16-38)45-32-34-46(52(37-45)40-17-7-4-8-18-40)50-23-14-24-51-49-22-10-12-26-55(49)59-56(50)51/h3-37H,1-2H3. The lowest BCUT2D eigenvalue weighted by Crippen LogP contribution is -2.14. The molecule has 11 rings (SSSR count). The Labute approximate surface area is 345 Å². The molecule has 2 heteroatoms. The summed E-state index contributed by atoms with van der Waals surface area (Å²) in [4.78, 5) is 2.39. The van der Waals surface area contributed by atoms with Crippen molar-refractivity contribution in [3.05, 3.63) is 223 Å². The minimum atomic E-state index is -0.0750. The van der Waals surface area contributed by atoms with Gasteiger partial charge in [-0.05, 0) is 110 Å². The van der Waals surface area contributed by atoms with Crippen molar-refractivity contribution in [2.45, 2.75) is 19.3 Å². The van der Waals surface area contributed by atoms with E-state index in [4.69, 9.17) is 4.42 Å². The van der Waals surface area contributed by atoms with Crippen molar-refractivity contribution in [1.82, 2.24) is 0 Å². The van der Waals surface area contributed by atoms with Gasteiger partial charge in [0.15, 0.2) is 0 Å². The molecule has 0 spiro atoms. The van der Waals surface area contributed by atoms with E-state index in [1.807, 2.05) is 6.07 Å². The van der Waals surface area contributed by atoms with Crippen molar-refractivity contribution < 1.29 is 4.42 Å². The number of nitrogens with zero attached hydrogens (tertiary/aromatic N) is 1. The molecular weight excluding hydrogens is 715 g/mol. The van der Waals surface area contributed by atoms with Crippen LogP contribution in [0, 0.1) is 0 Å². The molecule has 280 valence electrons. The number of hydrogen-bond donors (Lipinski definition) is 0. The molecular formula is C57H41NO. The van der Waals surface area contributed by atoms with Crippen LogP contribution >= 0.6 is 0 Å². The topological polar surface area (TPSA) is 16.4 Å². The summed E-state index contributed by atoms with van der Waals surface area (Å²) in [6.07, 6.45) is 0. The highest BCUT2D eigenvalue weighted by Gasteiger charge is 2.35. The quantitative estimate of drug-likeness (QED) is 0.161. The van der Waals surface area contributed by atoms with E-state index in [0.717, 1.165) is 61.3 Å². The zero-order chi connectivity index (χ0) is 39.5. The molecule has 1 aliphatic rings. The number of rotatable bonds is 7. The number of anilines is 3. The predicted octanol–water partition coefficient (Wildman–Crippen LogP) is 16.0. The number of furan rings is 1. The summed E-state index contributed by atoms with van der Waals surface area (Å²) in [6.45, 7) is 4.70. The van der Waals surface area contributed by atoms with Crippen LogP contribution in [-0.2, 0) is 5.41 Å². The van der Waals surface area contributed by atoms with E-state index in [2.05, 4.69) is 225 Å². The average molecular weight is 756 g/mol. The lowest BCUT2D eigenvalue weighted by molar-refractivity contribution is 0.660. The molecule has 0 radical (unpaired) electrons. The van der Waals surface area contributed by atoms with Gasteiger partial charge in [-0.2, -0.15) is 0 Å². The van der Waals surface area contributed by atoms with Gasteiger partial charge in [0, 0.05) is 38.8 Å². The second kappa shape index (κ2) is 13.9. The van der Waals surface area contributed by atoms with Crippen molar-refractivity contribution in [2.75, 3.05) is 4.90 Å². The second-order valence-electron chi connectivity index (χ2n) is 16.1. The van der Waals surface area contributed by atoms with Crippen LogP contribution in [0.4, 0.5) is 17.1 Å². The van der Waals surface area contributed by atoms with Crippen molar-refractivity contribution in [2.24, 2.45) is 0 Å². The molecule has 0 saturated carbocycles. The van der Waals surface area contributed by atoms with E-state index >= 15 is 0 Å². The van der Waals surface area contributed by atoms with E-state index in [9.17, 15) is 0 Å². The van der Waals surface area contributed by atoms with Crippen LogP contribution in [0.25, 0.3) is 77.6 Å². The van der Waals surface area contributed by atoms with E-state index in [1.165, 1.54) is 44.5 Å². The summed E-state index contributed by atoms with van der Waals surface area (Å²) in [7, 11) is 0. The van der Waals surface area contributed by atoms with Gasteiger partial charge < -0.3 is 9.32 Å². The first-order valence-electron chi connectivity index (χ1n) is 20.4. The molecule has 10 aromatic rings. The number of para-hydroxylation sites is 2. The van der Waals surface area contributed by atoms with Gasteiger partial charge in [-0.3, -0.25) is 0 Å². The third-order valence-electron chi connectivity index (χ3n) is 12.3. The van der Waals surface area contributed by atoms with Crippen molar-refractivity contribution in [3.8, 4) is 55.6 Å². The summed E-state index contributed by atoms with van der Waals surface area (Å²) in [5.74, 6) is 0. The second-order valence-corrected chi connectivity index (χ2v) is 16.1. The average Bonchev–Trinajstić information content (AvgIpc) is 3.79. The summed E-state index contributed by atoms with van der Waals surface area (Å²) < 4.78 is 6.60. The minimum Gasteiger partial charge on any atom is -0.455 e. The first kappa shape index (κ1) is 34.8. The fourth-order valence-electron chi connectivity index (χ4n) is 9.31. The molecule has 9 aromatic carbocycles. The van der Waals surface area contributed by atoms with Crippen molar-refractivity contribution >= 4 is 39.0 Å². The van der Waals surface area contributed by atoms with Crippen LogP contribution in [0.3, 0.4) is 0 Å². The zero-order valence-electron chi connectivity index (χ0n) is 33.1. The fourth-order valence-corrected chi connectivity index (χ4v) is 9.31. The molecule has 0 saturated heterocycles. The summed E-state index contributed by atoms with van der Waals surface area (Å²) in [5.41, 5.74) is 19.7. The normalized spacial score (nSPS) is 12.7. The van der Waals surface area contributed by atoms with Gasteiger partial charge in [-0.15, -0.1) is 0 Å². The van der Waals surface area contributed by atoms with Crippen LogP contribution in [0.1, 0.15) is 25.0 Å². The molecule has 0 atom stereocenters. The Morgan fingerprint density at radius 3 is 1.73 bits per heavy atom. The Morgan fingerprint density at radius 1 is 0.339 bits per heavy atom. The first-order chi connectivity index (χ1) is 29.0. The maximum absolute atomic E-state index is 6.60. The van der Waals surface area contributed by atoms with Gasteiger partial charge in [0.1, 0.15) is 11.2 Å². The van der Waals surface area contributed by atoms with Gasteiger partial charge in [-0.25, -0.2) is 0 Å². The number of hydrogen-bond acceptors (Lipinski definition) is 2. The Morgan fingerprint density at radius 2 is 0.898 bits per heavy atom. The Hall–Kier alpha value is -7.42. The van der Waals surface area contributed by atoms with Crippen LogP contribution in [0.5, 0.6) is 0 Å². The third-order valence-corrected chi connectivity index (χ3v) is 12.3. The first-order valence-corrected chi connectivity index (χ1v) is 20.4. The summed E-state index contributed by atoms with van der Waals surface area (Å²) in [6, 6.07) is 76.8. The van der Waals surface area contributed by atoms with E-state index in [0.29, 0.717) is 0 Å². The smallest absolute Gasteiger partial charge is 0.143 e. The molecule has 0 amide bonds. The van der Waals surface area contributed by atoms with Gasteiger partial charge in [-0.1, -0.05) is 178 Å². The maximum Gasteiger partial charge on any atom is 0.143 e. The highest BCUT2D eigenvalue weighted by Crippen LogP contribution is 2.50. The minimum absolute atomic E-state index is 0.0750. The van der Waals surface area contributed by atoms with Crippen LogP contribution in [-0.4, -0.2) is 0 Å². The van der Waals surface area contributed by atoms with Crippen molar-refractivity contribution in [3.63, 3.8) is 0 Å². The molecule has 1 heterocycles. The molecule has 1 aromatic heterocycles. The molecule has 2 nitrogen and oxygen atoms in total. The predicted molar refractivity (Wildman–Crippen MR) is 248 cm³/mol. The lowest BCUT2D eigenvalue weighted by Gasteiger charge is -2.27. The number of fused-ring (bicyclic) bond motifs is 6. The SMILES string of the molecule is CC1(C)c2ccccc2-c2ccc(-c3cccc(N(c4ccc(-c5ccccc5)cc4)c4ccc(-c5cccc6c5oc5ccccc56)c(-c5ccccc5)c4)c3)cc21. The fraction of sp³-hybridized carbons (Fsp3) is 0.0526. The van der Waals surface area contributed by atoms with Gasteiger partial charge in [0.2, 0.25) is 0 Å². The Bertz CT molecular complexity index is 3170. The third kappa shape index (κ3) is 5.87. The molecule has 0 aliphatic heterocycles. The number of benzene rings is 9. The van der Waals surface area contributed by atoms with Crippen LogP contribution < -0.4 is 4.90 Å². The van der Waals surface area contributed by atoms with Crippen LogP contribution in [0.2, 0.25) is 0 Å². The molecule has 1 aliphatic carbocycles. The Balaban J connectivity index is 1.08. The monoisotopic (exact) mass is 755 g/mol. The lowest BCUT2D eigenvalue weighted by atomic mass is 9.81. The van der Waals surface area contributed by atoms with E-state index in [-0.39, 0.29) is 5.41 Å². The van der Waals surface area contributed by atoms with Crippen LogP contribution in [0.15, 0.2) is 217 Å². The Kier molecular flexibility index (Phi) is 8.20. The highest BCUT2D eigenvalue weighted by molar-refractivity contribution is 6.10. The zero-order valence-corrected chi connectivity index (χ0v) is 33.1.